The molecule has 0 aliphatic heterocycles. The molecule has 3 rings (SSSR count). The number of benzene rings is 1. The van der Waals surface area contributed by atoms with Gasteiger partial charge in [-0.05, 0) is 42.9 Å². The van der Waals surface area contributed by atoms with E-state index in [1.807, 2.05) is 25.1 Å². The molecule has 1 heterocycles. The number of nitrogens with zero attached hydrogens (tertiary/aromatic N) is 1. The second-order valence-corrected chi connectivity index (χ2v) is 5.52. The van der Waals surface area contributed by atoms with Crippen molar-refractivity contribution < 1.29 is 9.90 Å². The first-order valence-electron chi connectivity index (χ1n) is 5.73. The Hall–Kier alpha value is -1.42. The minimum Gasteiger partial charge on any atom is -0.481 e. The SMILES string of the molecule is Cc1nsc2cc(C3(C(=O)O)CCC3)ccc12. The highest BCUT2D eigenvalue weighted by Crippen LogP contribution is 2.45. The zero-order valence-corrected chi connectivity index (χ0v) is 10.4. The second-order valence-electron chi connectivity index (χ2n) is 4.72. The third kappa shape index (κ3) is 1.40. The van der Waals surface area contributed by atoms with Gasteiger partial charge in [0.05, 0.1) is 15.8 Å². The van der Waals surface area contributed by atoms with E-state index in [2.05, 4.69) is 4.37 Å². The van der Waals surface area contributed by atoms with Gasteiger partial charge >= 0.3 is 5.97 Å². The number of aryl methyl sites for hydroxylation is 1. The predicted molar refractivity (Wildman–Crippen MR) is 67.5 cm³/mol. The highest BCUT2D eigenvalue weighted by Gasteiger charge is 2.45. The molecule has 1 aliphatic rings. The third-order valence-corrected chi connectivity index (χ3v) is 4.72. The summed E-state index contributed by atoms with van der Waals surface area (Å²) in [5.74, 6) is -0.690. The largest absolute Gasteiger partial charge is 0.481 e. The van der Waals surface area contributed by atoms with Gasteiger partial charge in [0.25, 0.3) is 0 Å². The van der Waals surface area contributed by atoms with Crippen LogP contribution in [0.2, 0.25) is 0 Å². The fourth-order valence-corrected chi connectivity index (χ4v) is 3.34. The normalized spacial score (nSPS) is 17.9. The Bertz CT molecular complexity index is 598. The number of fused-ring (bicyclic) bond motifs is 1. The Morgan fingerprint density at radius 1 is 1.47 bits per heavy atom. The Labute approximate surface area is 103 Å². The number of rotatable bonds is 2. The van der Waals surface area contributed by atoms with E-state index in [0.717, 1.165) is 40.6 Å². The van der Waals surface area contributed by atoms with E-state index >= 15 is 0 Å². The van der Waals surface area contributed by atoms with Gasteiger partial charge in [-0.1, -0.05) is 18.6 Å². The molecular formula is C13H13NO2S. The van der Waals surface area contributed by atoms with Gasteiger partial charge in [0.1, 0.15) is 0 Å². The molecule has 0 radical (unpaired) electrons. The summed E-state index contributed by atoms with van der Waals surface area (Å²) >= 11 is 1.45. The van der Waals surface area contributed by atoms with Gasteiger partial charge in [0, 0.05) is 5.39 Å². The van der Waals surface area contributed by atoms with Crippen molar-refractivity contribution in [1.82, 2.24) is 4.37 Å². The average molecular weight is 247 g/mol. The minimum atomic E-state index is -0.690. The summed E-state index contributed by atoms with van der Waals surface area (Å²) in [4.78, 5) is 11.4. The van der Waals surface area contributed by atoms with Gasteiger partial charge in [-0.25, -0.2) is 0 Å². The van der Waals surface area contributed by atoms with E-state index in [1.54, 1.807) is 0 Å². The van der Waals surface area contributed by atoms with Gasteiger partial charge in [0.15, 0.2) is 0 Å². The highest BCUT2D eigenvalue weighted by atomic mass is 32.1. The van der Waals surface area contributed by atoms with E-state index in [-0.39, 0.29) is 0 Å². The number of aliphatic carboxylic acids is 1. The van der Waals surface area contributed by atoms with Crippen molar-refractivity contribution in [3.8, 4) is 0 Å². The lowest BCUT2D eigenvalue weighted by atomic mass is 9.64. The van der Waals surface area contributed by atoms with Crippen molar-refractivity contribution in [3.05, 3.63) is 29.5 Å². The van der Waals surface area contributed by atoms with Crippen LogP contribution in [0.4, 0.5) is 0 Å². The van der Waals surface area contributed by atoms with Crippen molar-refractivity contribution >= 4 is 27.6 Å². The molecule has 0 bridgehead atoms. The molecule has 0 atom stereocenters. The maximum Gasteiger partial charge on any atom is 0.314 e. The molecule has 1 aliphatic carbocycles. The molecule has 1 aromatic heterocycles. The zero-order chi connectivity index (χ0) is 12.0. The van der Waals surface area contributed by atoms with Crippen LogP contribution in [0, 0.1) is 6.92 Å². The van der Waals surface area contributed by atoms with E-state index in [1.165, 1.54) is 11.5 Å². The molecule has 1 N–H and O–H groups in total. The number of aromatic nitrogens is 1. The quantitative estimate of drug-likeness (QED) is 0.887. The predicted octanol–water partition coefficient (Wildman–Crippen LogP) is 3.11. The van der Waals surface area contributed by atoms with Crippen molar-refractivity contribution in [2.75, 3.05) is 0 Å². The fourth-order valence-electron chi connectivity index (χ4n) is 2.52. The van der Waals surface area contributed by atoms with Crippen molar-refractivity contribution in [1.29, 1.82) is 0 Å². The topological polar surface area (TPSA) is 50.2 Å². The molecule has 3 nitrogen and oxygen atoms in total. The van der Waals surface area contributed by atoms with E-state index in [0.29, 0.717) is 0 Å². The molecule has 4 heteroatoms. The highest BCUT2D eigenvalue weighted by molar-refractivity contribution is 7.13. The number of carbonyl (C=O) groups is 1. The van der Waals surface area contributed by atoms with Crippen LogP contribution >= 0.6 is 11.5 Å². The third-order valence-electron chi connectivity index (χ3n) is 3.82. The van der Waals surface area contributed by atoms with Crippen LogP contribution in [0.15, 0.2) is 18.2 Å². The molecule has 88 valence electrons. The molecule has 1 fully saturated rings. The van der Waals surface area contributed by atoms with Crippen LogP contribution < -0.4 is 0 Å². The smallest absolute Gasteiger partial charge is 0.314 e. The van der Waals surface area contributed by atoms with Gasteiger partial charge in [-0.15, -0.1) is 0 Å². The number of carboxylic acid groups (broad SMARTS) is 1. The lowest BCUT2D eigenvalue weighted by molar-refractivity contribution is -0.147. The maximum atomic E-state index is 11.4. The number of carboxylic acids is 1. The zero-order valence-electron chi connectivity index (χ0n) is 9.56. The summed E-state index contributed by atoms with van der Waals surface area (Å²) < 4.78 is 5.39. The maximum absolute atomic E-state index is 11.4. The lowest BCUT2D eigenvalue weighted by Crippen LogP contribution is -2.42. The first-order valence-corrected chi connectivity index (χ1v) is 6.51. The summed E-state index contributed by atoms with van der Waals surface area (Å²) in [6.07, 6.45) is 2.52. The number of hydrogen-bond donors (Lipinski definition) is 1. The molecular weight excluding hydrogens is 234 g/mol. The van der Waals surface area contributed by atoms with Crippen molar-refractivity contribution in [2.45, 2.75) is 31.6 Å². The monoisotopic (exact) mass is 247 g/mol. The van der Waals surface area contributed by atoms with Gasteiger partial charge in [0.2, 0.25) is 0 Å². The Balaban J connectivity index is 2.14. The van der Waals surface area contributed by atoms with Gasteiger partial charge < -0.3 is 5.11 Å². The van der Waals surface area contributed by atoms with Gasteiger partial charge in [-0.3, -0.25) is 4.79 Å². The summed E-state index contributed by atoms with van der Waals surface area (Å²) in [6, 6.07) is 5.97. The van der Waals surface area contributed by atoms with Crippen LogP contribution in [0.1, 0.15) is 30.5 Å². The van der Waals surface area contributed by atoms with Crippen LogP contribution in [-0.4, -0.2) is 15.4 Å². The van der Waals surface area contributed by atoms with Crippen LogP contribution in [0.25, 0.3) is 10.1 Å². The first kappa shape index (κ1) is 10.7. The summed E-state index contributed by atoms with van der Waals surface area (Å²) in [6.45, 7) is 1.98. The minimum absolute atomic E-state index is 0.633. The number of hydrogen-bond acceptors (Lipinski definition) is 3. The fraction of sp³-hybridized carbons (Fsp3) is 0.385. The van der Waals surface area contributed by atoms with Crippen molar-refractivity contribution in [3.63, 3.8) is 0 Å². The van der Waals surface area contributed by atoms with Crippen LogP contribution in [0.5, 0.6) is 0 Å². The molecule has 1 saturated carbocycles. The van der Waals surface area contributed by atoms with Crippen LogP contribution in [-0.2, 0) is 10.2 Å². The first-order chi connectivity index (χ1) is 8.13. The average Bonchev–Trinajstić information content (AvgIpc) is 2.58. The van der Waals surface area contributed by atoms with E-state index < -0.39 is 11.4 Å². The van der Waals surface area contributed by atoms with Gasteiger partial charge in [-0.2, -0.15) is 4.37 Å². The van der Waals surface area contributed by atoms with E-state index in [9.17, 15) is 9.90 Å². The molecule has 1 aromatic carbocycles. The van der Waals surface area contributed by atoms with Crippen LogP contribution in [0.3, 0.4) is 0 Å². The summed E-state index contributed by atoms with van der Waals surface area (Å²) in [5, 5.41) is 10.5. The standard InChI is InChI=1S/C13H13NO2S/c1-8-10-4-3-9(7-11(10)17-14-8)13(12(15)16)5-2-6-13/h3-4,7H,2,5-6H2,1H3,(H,15,16). The molecule has 2 aromatic rings. The Morgan fingerprint density at radius 2 is 2.24 bits per heavy atom. The molecule has 17 heavy (non-hydrogen) atoms. The molecule has 0 amide bonds. The molecule has 0 unspecified atom stereocenters. The lowest BCUT2D eigenvalue weighted by Gasteiger charge is -2.38. The molecule has 0 spiro atoms. The Morgan fingerprint density at radius 3 is 2.82 bits per heavy atom. The molecule has 0 saturated heterocycles. The van der Waals surface area contributed by atoms with E-state index in [4.69, 9.17) is 0 Å². The summed E-state index contributed by atoms with van der Waals surface area (Å²) in [5.41, 5.74) is 1.33. The van der Waals surface area contributed by atoms with Crippen molar-refractivity contribution in [2.24, 2.45) is 0 Å². The summed E-state index contributed by atoms with van der Waals surface area (Å²) in [7, 11) is 0. The Kier molecular flexibility index (Phi) is 2.23. The second kappa shape index (κ2) is 3.53.